The average molecular weight is 448 g/mol. The number of pyridine rings is 1. The Balaban J connectivity index is 1.48. The summed E-state index contributed by atoms with van der Waals surface area (Å²) in [5, 5.41) is 2.91. The van der Waals surface area contributed by atoms with Crippen molar-refractivity contribution in [2.24, 2.45) is 0 Å². The van der Waals surface area contributed by atoms with E-state index in [9.17, 15) is 9.59 Å². The van der Waals surface area contributed by atoms with Crippen LogP contribution in [-0.4, -0.2) is 41.8 Å². The molecule has 1 heterocycles. The maximum absolute atomic E-state index is 12.5. The van der Waals surface area contributed by atoms with E-state index in [1.807, 2.05) is 85.8 Å². The molecule has 0 bridgehead atoms. The Bertz CT molecular complexity index is 984. The second kappa shape index (κ2) is 12.9. The van der Waals surface area contributed by atoms with Crippen molar-refractivity contribution in [2.75, 3.05) is 19.7 Å². The van der Waals surface area contributed by atoms with Gasteiger partial charge in [-0.05, 0) is 30.2 Å². The molecule has 33 heavy (non-hydrogen) atoms. The Morgan fingerprint density at radius 3 is 2.30 bits per heavy atom. The van der Waals surface area contributed by atoms with Gasteiger partial charge in [0.15, 0.2) is 0 Å². The van der Waals surface area contributed by atoms with Crippen molar-refractivity contribution >= 4 is 12.2 Å². The van der Waals surface area contributed by atoms with Gasteiger partial charge in [-0.15, -0.1) is 0 Å². The summed E-state index contributed by atoms with van der Waals surface area (Å²) < 4.78 is 10.7. The van der Waals surface area contributed by atoms with E-state index in [-0.39, 0.29) is 25.8 Å². The van der Waals surface area contributed by atoms with Crippen LogP contribution in [0.4, 0.5) is 9.59 Å². The van der Waals surface area contributed by atoms with E-state index in [0.29, 0.717) is 13.0 Å². The maximum Gasteiger partial charge on any atom is 0.410 e. The third-order valence-electron chi connectivity index (χ3n) is 5.07. The van der Waals surface area contributed by atoms with Crippen molar-refractivity contribution < 1.29 is 19.1 Å². The van der Waals surface area contributed by atoms with E-state index >= 15 is 0 Å². The molecule has 1 atom stereocenters. The third kappa shape index (κ3) is 7.96. The molecule has 2 aromatic carbocycles. The lowest BCUT2D eigenvalue weighted by molar-refractivity contribution is 0.0835. The van der Waals surface area contributed by atoms with Crippen molar-refractivity contribution in [2.45, 2.75) is 26.0 Å². The van der Waals surface area contributed by atoms with Crippen LogP contribution in [0.25, 0.3) is 0 Å². The quantitative estimate of drug-likeness (QED) is 0.485. The van der Waals surface area contributed by atoms with Crippen LogP contribution in [0, 0.1) is 0 Å². The second-order valence-electron chi connectivity index (χ2n) is 7.39. The number of nitrogens with zero attached hydrogens (tertiary/aromatic N) is 2. The topological polar surface area (TPSA) is 80.8 Å². The minimum atomic E-state index is -0.548. The Morgan fingerprint density at radius 2 is 1.64 bits per heavy atom. The number of carbonyl (C=O) groups is 2. The number of alkyl carbamates (subject to hydrolysis) is 1. The highest BCUT2D eigenvalue weighted by atomic mass is 16.6. The van der Waals surface area contributed by atoms with Gasteiger partial charge >= 0.3 is 12.2 Å². The first-order valence-corrected chi connectivity index (χ1v) is 11.0. The predicted octanol–water partition coefficient (Wildman–Crippen LogP) is 4.75. The predicted molar refractivity (Wildman–Crippen MR) is 125 cm³/mol. The summed E-state index contributed by atoms with van der Waals surface area (Å²) >= 11 is 0. The van der Waals surface area contributed by atoms with Crippen molar-refractivity contribution in [3.63, 3.8) is 0 Å². The van der Waals surface area contributed by atoms with Crippen LogP contribution in [0.5, 0.6) is 0 Å². The molecule has 0 aliphatic rings. The Hall–Kier alpha value is -3.87. The Labute approximate surface area is 194 Å². The van der Waals surface area contributed by atoms with Gasteiger partial charge in [0.1, 0.15) is 13.2 Å². The first-order chi connectivity index (χ1) is 16.2. The van der Waals surface area contributed by atoms with Crippen molar-refractivity contribution in [3.05, 3.63) is 102 Å². The molecule has 2 amide bonds. The minimum Gasteiger partial charge on any atom is -0.448 e. The third-order valence-corrected chi connectivity index (χ3v) is 5.07. The molecule has 0 aliphatic heterocycles. The zero-order valence-corrected chi connectivity index (χ0v) is 18.7. The van der Waals surface area contributed by atoms with Crippen LogP contribution < -0.4 is 5.32 Å². The molecular weight excluding hydrogens is 418 g/mol. The fourth-order valence-electron chi connectivity index (χ4n) is 3.29. The smallest absolute Gasteiger partial charge is 0.410 e. The normalized spacial score (nSPS) is 11.3. The fraction of sp³-hybridized carbons (Fsp3) is 0.269. The fourth-order valence-corrected chi connectivity index (χ4v) is 3.29. The van der Waals surface area contributed by atoms with Gasteiger partial charge in [-0.2, -0.15) is 0 Å². The number of ether oxygens (including phenoxy) is 2. The molecule has 0 spiro atoms. The van der Waals surface area contributed by atoms with E-state index in [0.717, 1.165) is 16.8 Å². The van der Waals surface area contributed by atoms with Gasteiger partial charge < -0.3 is 19.7 Å². The molecule has 7 nitrogen and oxygen atoms in total. The monoisotopic (exact) mass is 447 g/mol. The van der Waals surface area contributed by atoms with Gasteiger partial charge in [0, 0.05) is 24.9 Å². The summed E-state index contributed by atoms with van der Waals surface area (Å²) in [7, 11) is 0. The van der Waals surface area contributed by atoms with Gasteiger partial charge in [0.05, 0.1) is 12.6 Å². The molecule has 0 fully saturated rings. The highest BCUT2D eigenvalue weighted by Crippen LogP contribution is 2.17. The van der Waals surface area contributed by atoms with E-state index < -0.39 is 12.2 Å². The molecule has 3 rings (SSSR count). The first kappa shape index (κ1) is 23.8. The van der Waals surface area contributed by atoms with Crippen LogP contribution in [0.3, 0.4) is 0 Å². The van der Waals surface area contributed by atoms with E-state index in [1.165, 1.54) is 4.90 Å². The molecule has 1 aromatic heterocycles. The number of likely N-dealkylation sites (N-methyl/N-ethyl adjacent to an activating group) is 1. The van der Waals surface area contributed by atoms with Gasteiger partial charge in [0.25, 0.3) is 0 Å². The van der Waals surface area contributed by atoms with Crippen LogP contribution >= 0.6 is 0 Å². The molecule has 1 unspecified atom stereocenters. The summed E-state index contributed by atoms with van der Waals surface area (Å²) in [5.74, 6) is 0. The van der Waals surface area contributed by atoms with Gasteiger partial charge in [-0.1, -0.05) is 66.7 Å². The molecule has 0 saturated heterocycles. The number of rotatable bonds is 10. The van der Waals surface area contributed by atoms with Crippen molar-refractivity contribution in [1.82, 2.24) is 15.2 Å². The number of amides is 2. The van der Waals surface area contributed by atoms with Crippen LogP contribution in [-0.2, 0) is 22.5 Å². The van der Waals surface area contributed by atoms with Gasteiger partial charge in [-0.25, -0.2) is 9.59 Å². The minimum absolute atomic E-state index is 0.0607. The molecule has 1 N–H and O–H groups in total. The van der Waals surface area contributed by atoms with Crippen LogP contribution in [0.1, 0.15) is 29.8 Å². The molecule has 3 aromatic rings. The van der Waals surface area contributed by atoms with E-state index in [2.05, 4.69) is 10.3 Å². The van der Waals surface area contributed by atoms with Crippen LogP contribution in [0.2, 0.25) is 0 Å². The summed E-state index contributed by atoms with van der Waals surface area (Å²) in [6, 6.07) is 24.6. The summed E-state index contributed by atoms with van der Waals surface area (Å²) in [5.41, 5.74) is 2.74. The largest absolute Gasteiger partial charge is 0.448 e. The Kier molecular flexibility index (Phi) is 9.27. The summed E-state index contributed by atoms with van der Waals surface area (Å²) in [4.78, 5) is 30.7. The maximum atomic E-state index is 12.5. The number of nitrogens with one attached hydrogen (secondary N) is 1. The Morgan fingerprint density at radius 1 is 0.939 bits per heavy atom. The number of carbonyl (C=O) groups excluding carboxylic acids is 2. The zero-order valence-electron chi connectivity index (χ0n) is 18.7. The highest BCUT2D eigenvalue weighted by Gasteiger charge is 2.18. The lowest BCUT2D eigenvalue weighted by Crippen LogP contribution is -2.36. The SMILES string of the molecule is CCN(CCOC(=O)NC(Cc1ccccn1)c1ccccc1)C(=O)OCc1ccccc1. The summed E-state index contributed by atoms with van der Waals surface area (Å²) in [6.07, 6.45) is 1.27. The summed E-state index contributed by atoms with van der Waals surface area (Å²) in [6.45, 7) is 2.80. The van der Waals surface area contributed by atoms with Gasteiger partial charge in [-0.3, -0.25) is 4.98 Å². The van der Waals surface area contributed by atoms with E-state index in [1.54, 1.807) is 6.20 Å². The molecule has 7 heteroatoms. The van der Waals surface area contributed by atoms with Crippen molar-refractivity contribution in [3.8, 4) is 0 Å². The molecule has 172 valence electrons. The van der Waals surface area contributed by atoms with E-state index in [4.69, 9.17) is 9.47 Å². The number of aromatic nitrogens is 1. The number of benzene rings is 2. The molecular formula is C26H29N3O4. The standard InChI is InChI=1S/C26H29N3O4/c1-2-29(26(31)33-20-21-11-5-3-6-12-21)17-18-32-25(30)28-24(22-13-7-4-8-14-22)19-23-15-9-10-16-27-23/h3-16,24H,2,17-20H2,1H3,(H,28,30). The zero-order chi connectivity index (χ0) is 23.3. The lowest BCUT2D eigenvalue weighted by atomic mass is 10.0. The number of hydrogen-bond acceptors (Lipinski definition) is 5. The highest BCUT2D eigenvalue weighted by molar-refractivity contribution is 5.69. The molecule has 0 radical (unpaired) electrons. The second-order valence-corrected chi connectivity index (χ2v) is 7.39. The first-order valence-electron chi connectivity index (χ1n) is 11.0. The lowest BCUT2D eigenvalue weighted by Gasteiger charge is -2.22. The van der Waals surface area contributed by atoms with Crippen LogP contribution in [0.15, 0.2) is 85.1 Å². The average Bonchev–Trinajstić information content (AvgIpc) is 2.86. The number of hydrogen-bond donors (Lipinski definition) is 1. The molecule has 0 aliphatic carbocycles. The van der Waals surface area contributed by atoms with Gasteiger partial charge in [0.2, 0.25) is 0 Å². The molecule has 0 saturated carbocycles. The van der Waals surface area contributed by atoms with Crippen molar-refractivity contribution in [1.29, 1.82) is 0 Å².